The van der Waals surface area contributed by atoms with Crippen LogP contribution in [0.15, 0.2) is 29.6 Å². The topological polar surface area (TPSA) is 82.0 Å². The van der Waals surface area contributed by atoms with Crippen molar-refractivity contribution in [2.75, 3.05) is 5.73 Å². The molecule has 0 aliphatic heterocycles. The standard InChI is InChI=1S/C10H9N3O2S/c11-10-12-8(6-16-10)5-7-3-1-2-4-9(7)13(14)15/h1-4,6H,5H2,(H2,11,12). The molecule has 0 radical (unpaired) electrons. The third-order valence-electron chi connectivity index (χ3n) is 2.13. The van der Waals surface area contributed by atoms with Crippen molar-refractivity contribution in [3.8, 4) is 0 Å². The zero-order valence-corrected chi connectivity index (χ0v) is 9.11. The smallest absolute Gasteiger partial charge is 0.272 e. The van der Waals surface area contributed by atoms with Gasteiger partial charge in [0.1, 0.15) is 0 Å². The average molecular weight is 235 g/mol. The van der Waals surface area contributed by atoms with E-state index in [0.717, 1.165) is 5.69 Å². The Kier molecular flexibility index (Phi) is 2.82. The van der Waals surface area contributed by atoms with Crippen LogP contribution in [-0.2, 0) is 6.42 Å². The predicted octanol–water partition coefficient (Wildman–Crippen LogP) is 2.22. The van der Waals surface area contributed by atoms with Crippen LogP contribution >= 0.6 is 11.3 Å². The fourth-order valence-corrected chi connectivity index (χ4v) is 2.00. The molecule has 82 valence electrons. The number of thiazole rings is 1. The highest BCUT2D eigenvalue weighted by molar-refractivity contribution is 7.13. The van der Waals surface area contributed by atoms with Crippen LogP contribution in [0.5, 0.6) is 0 Å². The Morgan fingerprint density at radius 2 is 2.19 bits per heavy atom. The van der Waals surface area contributed by atoms with E-state index in [1.165, 1.54) is 17.4 Å². The highest BCUT2D eigenvalue weighted by Gasteiger charge is 2.13. The minimum Gasteiger partial charge on any atom is -0.375 e. The quantitative estimate of drug-likeness (QED) is 0.653. The van der Waals surface area contributed by atoms with Gasteiger partial charge in [-0.05, 0) is 0 Å². The minimum absolute atomic E-state index is 0.120. The van der Waals surface area contributed by atoms with E-state index >= 15 is 0 Å². The van der Waals surface area contributed by atoms with Crippen molar-refractivity contribution in [3.05, 3.63) is 51.0 Å². The van der Waals surface area contributed by atoms with E-state index in [9.17, 15) is 10.1 Å². The molecule has 0 bridgehead atoms. The molecular formula is C10H9N3O2S. The monoisotopic (exact) mass is 235 g/mol. The maximum absolute atomic E-state index is 10.8. The summed E-state index contributed by atoms with van der Waals surface area (Å²) in [6.07, 6.45) is 0.435. The second kappa shape index (κ2) is 4.28. The summed E-state index contributed by atoms with van der Waals surface area (Å²) in [5.41, 5.74) is 7.03. The number of nitrogens with zero attached hydrogens (tertiary/aromatic N) is 2. The normalized spacial score (nSPS) is 10.2. The molecule has 0 fully saturated rings. The Bertz CT molecular complexity index is 524. The SMILES string of the molecule is Nc1nc(Cc2ccccc2[N+](=O)[O-])cs1. The highest BCUT2D eigenvalue weighted by atomic mass is 32.1. The lowest BCUT2D eigenvalue weighted by Crippen LogP contribution is -1.96. The van der Waals surface area contributed by atoms with Crippen LogP contribution < -0.4 is 5.73 Å². The summed E-state index contributed by atoms with van der Waals surface area (Å²) in [7, 11) is 0. The number of anilines is 1. The van der Waals surface area contributed by atoms with Crippen LogP contribution in [0.1, 0.15) is 11.3 Å². The van der Waals surface area contributed by atoms with Gasteiger partial charge in [-0.2, -0.15) is 0 Å². The molecule has 1 aromatic heterocycles. The number of hydrogen-bond acceptors (Lipinski definition) is 5. The Morgan fingerprint density at radius 1 is 1.44 bits per heavy atom. The lowest BCUT2D eigenvalue weighted by Gasteiger charge is -1.99. The van der Waals surface area contributed by atoms with Gasteiger partial charge in [0, 0.05) is 23.4 Å². The Hall–Kier alpha value is -1.95. The second-order valence-corrected chi connectivity index (χ2v) is 4.13. The lowest BCUT2D eigenvalue weighted by molar-refractivity contribution is -0.385. The van der Waals surface area contributed by atoms with Gasteiger partial charge in [0.25, 0.3) is 5.69 Å². The lowest BCUT2D eigenvalue weighted by atomic mass is 10.1. The van der Waals surface area contributed by atoms with Crippen LogP contribution in [-0.4, -0.2) is 9.91 Å². The summed E-state index contributed by atoms with van der Waals surface area (Å²) >= 11 is 1.33. The average Bonchev–Trinajstić information content (AvgIpc) is 2.64. The van der Waals surface area contributed by atoms with Crippen molar-refractivity contribution in [1.82, 2.24) is 4.98 Å². The summed E-state index contributed by atoms with van der Waals surface area (Å²) in [4.78, 5) is 14.5. The van der Waals surface area contributed by atoms with E-state index in [0.29, 0.717) is 17.1 Å². The van der Waals surface area contributed by atoms with Gasteiger partial charge in [-0.3, -0.25) is 10.1 Å². The van der Waals surface area contributed by atoms with Gasteiger partial charge >= 0.3 is 0 Å². The van der Waals surface area contributed by atoms with E-state index in [4.69, 9.17) is 5.73 Å². The molecule has 0 spiro atoms. The molecule has 5 nitrogen and oxygen atoms in total. The van der Waals surface area contributed by atoms with E-state index in [2.05, 4.69) is 4.98 Å². The number of nitrogen functional groups attached to an aromatic ring is 1. The number of nitro groups is 1. The zero-order chi connectivity index (χ0) is 11.5. The molecule has 1 heterocycles. The number of rotatable bonds is 3. The first kappa shape index (κ1) is 10.6. The van der Waals surface area contributed by atoms with Crippen LogP contribution in [0.3, 0.4) is 0 Å². The first-order chi connectivity index (χ1) is 7.66. The van der Waals surface area contributed by atoms with E-state index in [1.54, 1.807) is 18.2 Å². The molecule has 6 heteroatoms. The minimum atomic E-state index is -0.384. The molecule has 0 amide bonds. The molecule has 0 aliphatic rings. The third-order valence-corrected chi connectivity index (χ3v) is 2.85. The van der Waals surface area contributed by atoms with Crippen LogP contribution in [0.2, 0.25) is 0 Å². The van der Waals surface area contributed by atoms with Crippen molar-refractivity contribution >= 4 is 22.2 Å². The summed E-state index contributed by atoms with van der Waals surface area (Å²) in [6, 6.07) is 6.65. The van der Waals surface area contributed by atoms with Gasteiger partial charge in [0.2, 0.25) is 0 Å². The van der Waals surface area contributed by atoms with Crippen molar-refractivity contribution < 1.29 is 4.92 Å². The van der Waals surface area contributed by atoms with E-state index in [-0.39, 0.29) is 10.6 Å². The fraction of sp³-hybridized carbons (Fsp3) is 0.100. The molecule has 0 unspecified atom stereocenters. The summed E-state index contributed by atoms with van der Waals surface area (Å²) < 4.78 is 0. The van der Waals surface area contributed by atoms with Crippen LogP contribution in [0, 0.1) is 10.1 Å². The van der Waals surface area contributed by atoms with Crippen molar-refractivity contribution in [1.29, 1.82) is 0 Å². The van der Waals surface area contributed by atoms with Crippen molar-refractivity contribution in [2.45, 2.75) is 6.42 Å². The van der Waals surface area contributed by atoms with E-state index < -0.39 is 0 Å². The Balaban J connectivity index is 2.31. The Morgan fingerprint density at radius 3 is 2.81 bits per heavy atom. The second-order valence-electron chi connectivity index (χ2n) is 3.24. The zero-order valence-electron chi connectivity index (χ0n) is 8.29. The molecule has 2 aromatic rings. The van der Waals surface area contributed by atoms with Crippen molar-refractivity contribution in [3.63, 3.8) is 0 Å². The molecule has 0 atom stereocenters. The summed E-state index contributed by atoms with van der Waals surface area (Å²) in [6.45, 7) is 0. The van der Waals surface area contributed by atoms with Gasteiger partial charge < -0.3 is 5.73 Å². The number of nitro benzene ring substituents is 1. The summed E-state index contributed by atoms with van der Waals surface area (Å²) in [5, 5.41) is 13.1. The first-order valence-corrected chi connectivity index (χ1v) is 5.47. The number of aromatic nitrogens is 1. The summed E-state index contributed by atoms with van der Waals surface area (Å²) in [5.74, 6) is 0. The maximum Gasteiger partial charge on any atom is 0.272 e. The third kappa shape index (κ3) is 2.17. The molecule has 1 aromatic carbocycles. The maximum atomic E-state index is 10.8. The predicted molar refractivity (Wildman–Crippen MR) is 62.4 cm³/mol. The van der Waals surface area contributed by atoms with Crippen molar-refractivity contribution in [2.24, 2.45) is 0 Å². The molecule has 0 saturated carbocycles. The number of benzene rings is 1. The van der Waals surface area contributed by atoms with Crippen LogP contribution in [0.4, 0.5) is 10.8 Å². The van der Waals surface area contributed by atoms with Crippen LogP contribution in [0.25, 0.3) is 0 Å². The molecule has 2 rings (SSSR count). The van der Waals surface area contributed by atoms with Gasteiger partial charge in [-0.25, -0.2) is 4.98 Å². The van der Waals surface area contributed by atoms with Gasteiger partial charge in [-0.15, -0.1) is 11.3 Å². The number of hydrogen-bond donors (Lipinski definition) is 1. The van der Waals surface area contributed by atoms with Gasteiger partial charge in [-0.1, -0.05) is 18.2 Å². The highest BCUT2D eigenvalue weighted by Crippen LogP contribution is 2.22. The van der Waals surface area contributed by atoms with Gasteiger partial charge in [0.15, 0.2) is 5.13 Å². The molecule has 16 heavy (non-hydrogen) atoms. The molecule has 0 saturated heterocycles. The van der Waals surface area contributed by atoms with E-state index in [1.807, 2.05) is 5.38 Å². The molecule has 0 aliphatic carbocycles. The molecule has 2 N–H and O–H groups in total. The number of para-hydroxylation sites is 1. The first-order valence-electron chi connectivity index (χ1n) is 4.59. The largest absolute Gasteiger partial charge is 0.375 e. The Labute approximate surface area is 95.7 Å². The fourth-order valence-electron chi connectivity index (χ4n) is 1.44. The molecular weight excluding hydrogens is 226 g/mol. The number of nitrogens with two attached hydrogens (primary N) is 1. The van der Waals surface area contributed by atoms with Gasteiger partial charge in [0.05, 0.1) is 10.6 Å².